The van der Waals surface area contributed by atoms with Crippen molar-refractivity contribution in [2.75, 3.05) is 0 Å². The number of rotatable bonds is 2. The van der Waals surface area contributed by atoms with E-state index in [4.69, 9.17) is 0 Å². The lowest BCUT2D eigenvalue weighted by Gasteiger charge is -2.09. The first-order valence-corrected chi connectivity index (χ1v) is 7.60. The summed E-state index contributed by atoms with van der Waals surface area (Å²) in [6.07, 6.45) is 0. The van der Waals surface area contributed by atoms with E-state index in [2.05, 4.69) is 48.5 Å². The molecule has 2 nitrogen and oxygen atoms in total. The van der Waals surface area contributed by atoms with Crippen LogP contribution in [-0.2, 0) is 0 Å². The third-order valence-electron chi connectivity index (χ3n) is 4.27. The Morgan fingerprint density at radius 1 is 0.609 bits per heavy atom. The minimum atomic E-state index is -1.43. The van der Waals surface area contributed by atoms with Crippen LogP contribution in [-0.4, -0.2) is 17.2 Å². The van der Waals surface area contributed by atoms with E-state index >= 15 is 0 Å². The average Bonchev–Trinajstić information content (AvgIpc) is 2.59. The van der Waals surface area contributed by atoms with Crippen molar-refractivity contribution in [3.63, 3.8) is 0 Å². The smallest absolute Gasteiger partial charge is 0.423 e. The molecule has 0 aliphatic heterocycles. The van der Waals surface area contributed by atoms with Gasteiger partial charge in [-0.05, 0) is 50.3 Å². The van der Waals surface area contributed by atoms with Crippen LogP contribution in [0.3, 0.4) is 0 Å². The zero-order chi connectivity index (χ0) is 15.8. The molecule has 3 heteroatoms. The monoisotopic (exact) mass is 298 g/mol. The largest absolute Gasteiger partial charge is 0.488 e. The van der Waals surface area contributed by atoms with Gasteiger partial charge in [0.15, 0.2) is 0 Å². The highest BCUT2D eigenvalue weighted by atomic mass is 16.4. The first kappa shape index (κ1) is 14.0. The summed E-state index contributed by atoms with van der Waals surface area (Å²) in [5, 5.41) is 23.3. The molecule has 4 rings (SSSR count). The summed E-state index contributed by atoms with van der Waals surface area (Å²) in [5.74, 6) is 0. The van der Waals surface area contributed by atoms with Crippen LogP contribution in [0.4, 0.5) is 0 Å². The maximum Gasteiger partial charge on any atom is 0.488 e. The van der Waals surface area contributed by atoms with Gasteiger partial charge in [-0.3, -0.25) is 0 Å². The van der Waals surface area contributed by atoms with Crippen LogP contribution in [0.25, 0.3) is 32.7 Å². The molecule has 0 saturated carbocycles. The Labute approximate surface area is 134 Å². The number of benzene rings is 4. The highest BCUT2D eigenvalue weighted by Gasteiger charge is 2.11. The van der Waals surface area contributed by atoms with Crippen molar-refractivity contribution in [1.82, 2.24) is 0 Å². The third-order valence-corrected chi connectivity index (χ3v) is 4.27. The second kappa shape index (κ2) is 5.54. The molecule has 2 N–H and O–H groups in total. The second-order valence-electron chi connectivity index (χ2n) is 5.72. The quantitative estimate of drug-likeness (QED) is 0.440. The van der Waals surface area contributed by atoms with Crippen molar-refractivity contribution < 1.29 is 10.0 Å². The molecule has 0 spiro atoms. The van der Waals surface area contributed by atoms with Crippen LogP contribution >= 0.6 is 0 Å². The topological polar surface area (TPSA) is 40.5 Å². The highest BCUT2D eigenvalue weighted by molar-refractivity contribution is 6.58. The molecule has 0 fully saturated rings. The van der Waals surface area contributed by atoms with Crippen molar-refractivity contribution >= 4 is 34.1 Å². The van der Waals surface area contributed by atoms with Crippen LogP contribution < -0.4 is 5.46 Å². The molecule has 0 aliphatic carbocycles. The Balaban J connectivity index is 1.93. The molecule has 4 aromatic carbocycles. The van der Waals surface area contributed by atoms with Gasteiger partial charge in [0.2, 0.25) is 0 Å². The minimum absolute atomic E-state index is 0.499. The van der Waals surface area contributed by atoms with Gasteiger partial charge in [0.25, 0.3) is 0 Å². The molecule has 23 heavy (non-hydrogen) atoms. The van der Waals surface area contributed by atoms with E-state index in [-0.39, 0.29) is 0 Å². The van der Waals surface area contributed by atoms with Gasteiger partial charge in [0.1, 0.15) is 0 Å². The van der Waals surface area contributed by atoms with E-state index in [1.54, 1.807) is 12.1 Å². The van der Waals surface area contributed by atoms with Crippen LogP contribution in [0.15, 0.2) is 78.9 Å². The molecule has 0 amide bonds. The minimum Gasteiger partial charge on any atom is -0.423 e. The Bertz CT molecular complexity index is 991. The van der Waals surface area contributed by atoms with Crippen LogP contribution in [0.1, 0.15) is 0 Å². The summed E-state index contributed by atoms with van der Waals surface area (Å²) in [6, 6.07) is 26.4. The Kier molecular flexibility index (Phi) is 3.38. The summed E-state index contributed by atoms with van der Waals surface area (Å²) in [4.78, 5) is 0. The first-order chi connectivity index (χ1) is 11.2. The molecule has 4 aromatic rings. The van der Waals surface area contributed by atoms with E-state index in [9.17, 15) is 10.0 Å². The standard InChI is InChI=1S/C20H15BO2/c22-21(23)18-10-8-14(9-11-18)19-7-3-6-17-12-15-4-1-2-5-16(15)13-20(17)19/h1-13,22-23H. The van der Waals surface area contributed by atoms with E-state index in [0.717, 1.165) is 11.1 Å². The molecule has 0 atom stereocenters. The zero-order valence-electron chi connectivity index (χ0n) is 12.5. The number of hydrogen-bond acceptors (Lipinski definition) is 2. The first-order valence-electron chi connectivity index (χ1n) is 7.60. The van der Waals surface area contributed by atoms with Gasteiger partial charge in [-0.25, -0.2) is 0 Å². The van der Waals surface area contributed by atoms with Gasteiger partial charge < -0.3 is 10.0 Å². The zero-order valence-corrected chi connectivity index (χ0v) is 12.5. The molecule has 0 radical (unpaired) electrons. The Hall–Kier alpha value is -2.62. The summed E-state index contributed by atoms with van der Waals surface area (Å²) in [6.45, 7) is 0. The fourth-order valence-corrected chi connectivity index (χ4v) is 3.05. The highest BCUT2D eigenvalue weighted by Crippen LogP contribution is 2.31. The predicted molar refractivity (Wildman–Crippen MR) is 96.7 cm³/mol. The summed E-state index contributed by atoms with van der Waals surface area (Å²) < 4.78 is 0. The lowest BCUT2D eigenvalue weighted by molar-refractivity contribution is 0.426. The summed E-state index contributed by atoms with van der Waals surface area (Å²) in [5.41, 5.74) is 2.71. The van der Waals surface area contributed by atoms with Crippen molar-refractivity contribution in [2.45, 2.75) is 0 Å². The van der Waals surface area contributed by atoms with E-state index < -0.39 is 7.12 Å². The lowest BCUT2D eigenvalue weighted by Crippen LogP contribution is -2.29. The average molecular weight is 298 g/mol. The van der Waals surface area contributed by atoms with Crippen LogP contribution in [0.2, 0.25) is 0 Å². The van der Waals surface area contributed by atoms with Crippen molar-refractivity contribution in [1.29, 1.82) is 0 Å². The van der Waals surface area contributed by atoms with E-state index in [1.807, 2.05) is 18.2 Å². The maximum absolute atomic E-state index is 9.23. The molecule has 0 unspecified atom stereocenters. The summed E-state index contributed by atoms with van der Waals surface area (Å²) in [7, 11) is -1.43. The fourth-order valence-electron chi connectivity index (χ4n) is 3.05. The van der Waals surface area contributed by atoms with Gasteiger partial charge in [0, 0.05) is 0 Å². The summed E-state index contributed by atoms with van der Waals surface area (Å²) >= 11 is 0. The fraction of sp³-hybridized carbons (Fsp3) is 0. The molecular formula is C20H15BO2. The van der Waals surface area contributed by atoms with E-state index in [0.29, 0.717) is 5.46 Å². The molecule has 0 aromatic heterocycles. The van der Waals surface area contributed by atoms with Crippen molar-refractivity contribution in [3.8, 4) is 11.1 Å². The lowest BCUT2D eigenvalue weighted by atomic mass is 9.79. The second-order valence-corrected chi connectivity index (χ2v) is 5.72. The number of hydrogen-bond donors (Lipinski definition) is 2. The van der Waals surface area contributed by atoms with Gasteiger partial charge in [-0.15, -0.1) is 0 Å². The molecule has 0 bridgehead atoms. The van der Waals surface area contributed by atoms with Crippen molar-refractivity contribution in [2.24, 2.45) is 0 Å². The van der Waals surface area contributed by atoms with Crippen LogP contribution in [0, 0.1) is 0 Å². The number of fused-ring (bicyclic) bond motifs is 2. The van der Waals surface area contributed by atoms with Gasteiger partial charge in [-0.1, -0.05) is 66.7 Å². The molecule has 0 heterocycles. The SMILES string of the molecule is OB(O)c1ccc(-c2cccc3cc4ccccc4cc23)cc1. The molecule has 0 saturated heterocycles. The van der Waals surface area contributed by atoms with Gasteiger partial charge >= 0.3 is 7.12 Å². The molecular weight excluding hydrogens is 283 g/mol. The molecule has 110 valence electrons. The normalized spacial score (nSPS) is 11.0. The predicted octanol–water partition coefficient (Wildman–Crippen LogP) is 3.34. The van der Waals surface area contributed by atoms with E-state index in [1.165, 1.54) is 21.5 Å². The van der Waals surface area contributed by atoms with Crippen molar-refractivity contribution in [3.05, 3.63) is 78.9 Å². The Morgan fingerprint density at radius 3 is 1.96 bits per heavy atom. The van der Waals surface area contributed by atoms with Gasteiger partial charge in [0.05, 0.1) is 0 Å². The maximum atomic E-state index is 9.23. The van der Waals surface area contributed by atoms with Crippen LogP contribution in [0.5, 0.6) is 0 Å². The Morgan fingerprint density at radius 2 is 1.26 bits per heavy atom. The molecule has 0 aliphatic rings. The van der Waals surface area contributed by atoms with Gasteiger partial charge in [-0.2, -0.15) is 0 Å². The third kappa shape index (κ3) is 2.50.